The summed E-state index contributed by atoms with van der Waals surface area (Å²) in [6.45, 7) is 0.667. The summed E-state index contributed by atoms with van der Waals surface area (Å²) in [7, 11) is 0. The van der Waals surface area contributed by atoms with Crippen molar-refractivity contribution in [2.24, 2.45) is 5.92 Å². The van der Waals surface area contributed by atoms with Crippen LogP contribution in [-0.2, 0) is 16.1 Å². The first-order valence-electron chi connectivity index (χ1n) is 6.73. The van der Waals surface area contributed by atoms with Crippen molar-refractivity contribution in [3.8, 4) is 5.69 Å². The summed E-state index contributed by atoms with van der Waals surface area (Å²) < 4.78 is 1.74. The number of carbonyl (C=O) groups is 2. The number of nitrogens with zero attached hydrogens (tertiary/aromatic N) is 3. The second kappa shape index (κ2) is 5.40. The van der Waals surface area contributed by atoms with Gasteiger partial charge in [-0.2, -0.15) is 5.10 Å². The topological polar surface area (TPSA) is 75.4 Å². The van der Waals surface area contributed by atoms with E-state index in [9.17, 15) is 9.59 Å². The number of carboxylic acid groups (broad SMARTS) is 1. The first-order chi connectivity index (χ1) is 10.1. The standard InChI is InChI=1S/C15H15N3O3/c19-14-8-12(15(20)21)10-17(14)9-11-4-1-2-5-13(11)18-7-3-6-16-18/h1-7,12H,8-10H2,(H,20,21)/t12-/m1/s1. The molecule has 0 saturated carbocycles. The summed E-state index contributed by atoms with van der Waals surface area (Å²) in [5, 5.41) is 13.2. The van der Waals surface area contributed by atoms with Gasteiger partial charge in [-0.1, -0.05) is 18.2 Å². The highest BCUT2D eigenvalue weighted by atomic mass is 16.4. The van der Waals surface area contributed by atoms with Gasteiger partial charge in [-0.05, 0) is 17.7 Å². The highest BCUT2D eigenvalue weighted by Gasteiger charge is 2.34. The molecule has 0 aliphatic carbocycles. The van der Waals surface area contributed by atoms with Gasteiger partial charge in [0.15, 0.2) is 0 Å². The van der Waals surface area contributed by atoms with Crippen LogP contribution < -0.4 is 0 Å². The first-order valence-corrected chi connectivity index (χ1v) is 6.73. The molecule has 1 N–H and O–H groups in total. The number of likely N-dealkylation sites (tertiary alicyclic amines) is 1. The molecule has 6 heteroatoms. The maximum atomic E-state index is 11.9. The van der Waals surface area contributed by atoms with Crippen LogP contribution in [-0.4, -0.2) is 38.2 Å². The maximum Gasteiger partial charge on any atom is 0.308 e. The Kier molecular flexibility index (Phi) is 3.43. The van der Waals surface area contributed by atoms with E-state index >= 15 is 0 Å². The molecular weight excluding hydrogens is 270 g/mol. The van der Waals surface area contributed by atoms with Crippen LogP contribution >= 0.6 is 0 Å². The van der Waals surface area contributed by atoms with Crippen LogP contribution in [0, 0.1) is 5.92 Å². The van der Waals surface area contributed by atoms with Crippen LogP contribution in [0.4, 0.5) is 0 Å². The van der Waals surface area contributed by atoms with Gasteiger partial charge in [0.2, 0.25) is 5.91 Å². The summed E-state index contributed by atoms with van der Waals surface area (Å²) in [5.41, 5.74) is 1.84. The lowest BCUT2D eigenvalue weighted by Crippen LogP contribution is -2.26. The summed E-state index contributed by atoms with van der Waals surface area (Å²) in [6, 6.07) is 9.50. The predicted molar refractivity (Wildman–Crippen MR) is 74.7 cm³/mol. The van der Waals surface area contributed by atoms with Crippen LogP contribution in [0.15, 0.2) is 42.7 Å². The Hall–Kier alpha value is -2.63. The molecule has 1 atom stereocenters. The molecule has 1 aliphatic rings. The van der Waals surface area contributed by atoms with Crippen molar-refractivity contribution < 1.29 is 14.7 Å². The van der Waals surface area contributed by atoms with E-state index in [1.165, 1.54) is 0 Å². The number of para-hydroxylation sites is 1. The van der Waals surface area contributed by atoms with Crippen molar-refractivity contribution >= 4 is 11.9 Å². The van der Waals surface area contributed by atoms with Gasteiger partial charge in [0, 0.05) is 31.9 Å². The van der Waals surface area contributed by atoms with Gasteiger partial charge < -0.3 is 10.0 Å². The van der Waals surface area contributed by atoms with Crippen molar-refractivity contribution in [3.63, 3.8) is 0 Å². The Balaban J connectivity index is 1.83. The van der Waals surface area contributed by atoms with Crippen LogP contribution in [0.2, 0.25) is 0 Å². The van der Waals surface area contributed by atoms with E-state index in [1.54, 1.807) is 15.8 Å². The Morgan fingerprint density at radius 2 is 2.14 bits per heavy atom. The van der Waals surface area contributed by atoms with Crippen molar-refractivity contribution in [2.45, 2.75) is 13.0 Å². The van der Waals surface area contributed by atoms with Crippen molar-refractivity contribution in [1.29, 1.82) is 0 Å². The molecule has 0 spiro atoms. The van der Waals surface area contributed by atoms with Gasteiger partial charge in [0.1, 0.15) is 0 Å². The van der Waals surface area contributed by atoms with E-state index in [-0.39, 0.29) is 18.9 Å². The average Bonchev–Trinajstić information content (AvgIpc) is 3.10. The molecule has 6 nitrogen and oxygen atoms in total. The highest BCUT2D eigenvalue weighted by Crippen LogP contribution is 2.22. The molecule has 1 saturated heterocycles. The molecule has 0 unspecified atom stereocenters. The SMILES string of the molecule is O=C(O)[C@@H]1CC(=O)N(Cc2ccccc2-n2cccn2)C1. The zero-order chi connectivity index (χ0) is 14.8. The van der Waals surface area contributed by atoms with E-state index in [2.05, 4.69) is 5.10 Å². The minimum absolute atomic E-state index is 0.0826. The summed E-state index contributed by atoms with van der Waals surface area (Å²) >= 11 is 0. The van der Waals surface area contributed by atoms with Gasteiger partial charge in [-0.25, -0.2) is 4.68 Å². The second-order valence-corrected chi connectivity index (χ2v) is 5.09. The summed E-state index contributed by atoms with van der Waals surface area (Å²) in [6.07, 6.45) is 3.61. The van der Waals surface area contributed by atoms with Crippen LogP contribution in [0.25, 0.3) is 5.69 Å². The number of carboxylic acids is 1. The molecule has 21 heavy (non-hydrogen) atoms. The Labute approximate surface area is 121 Å². The molecule has 1 aliphatic heterocycles. The number of rotatable bonds is 4. The van der Waals surface area contributed by atoms with Crippen molar-refractivity contribution in [2.75, 3.05) is 6.54 Å². The number of aromatic nitrogens is 2. The van der Waals surface area contributed by atoms with Gasteiger partial charge in [-0.15, -0.1) is 0 Å². The zero-order valence-electron chi connectivity index (χ0n) is 11.3. The minimum atomic E-state index is -0.911. The fourth-order valence-electron chi connectivity index (χ4n) is 2.58. The molecule has 2 heterocycles. The summed E-state index contributed by atoms with van der Waals surface area (Å²) in [5.74, 6) is -1.63. The lowest BCUT2D eigenvalue weighted by molar-refractivity contribution is -0.141. The van der Waals surface area contributed by atoms with Gasteiger partial charge in [0.25, 0.3) is 0 Å². The highest BCUT2D eigenvalue weighted by molar-refractivity contribution is 5.86. The van der Waals surface area contributed by atoms with Gasteiger partial charge in [-0.3, -0.25) is 9.59 Å². The number of aliphatic carboxylic acids is 1. The Bertz CT molecular complexity index is 667. The molecule has 1 aromatic carbocycles. The molecule has 2 aromatic rings. The van der Waals surface area contributed by atoms with Crippen LogP contribution in [0.5, 0.6) is 0 Å². The number of hydrogen-bond acceptors (Lipinski definition) is 3. The zero-order valence-corrected chi connectivity index (χ0v) is 11.3. The molecule has 1 amide bonds. The fraction of sp³-hybridized carbons (Fsp3) is 0.267. The van der Waals surface area contributed by atoms with E-state index in [4.69, 9.17) is 5.11 Å². The van der Waals surface area contributed by atoms with Crippen molar-refractivity contribution in [1.82, 2.24) is 14.7 Å². The largest absolute Gasteiger partial charge is 0.481 e. The number of benzene rings is 1. The normalized spacial score (nSPS) is 18.2. The van der Waals surface area contributed by atoms with Crippen LogP contribution in [0.1, 0.15) is 12.0 Å². The summed E-state index contributed by atoms with van der Waals surface area (Å²) in [4.78, 5) is 24.5. The third-order valence-electron chi connectivity index (χ3n) is 3.67. The van der Waals surface area contributed by atoms with Crippen LogP contribution in [0.3, 0.4) is 0 Å². The van der Waals surface area contributed by atoms with E-state index in [1.807, 2.05) is 36.5 Å². The quantitative estimate of drug-likeness (QED) is 0.919. The fourth-order valence-corrected chi connectivity index (χ4v) is 2.58. The Morgan fingerprint density at radius 3 is 2.81 bits per heavy atom. The lowest BCUT2D eigenvalue weighted by atomic mass is 10.1. The van der Waals surface area contributed by atoms with E-state index in [0.717, 1.165) is 11.3 Å². The third kappa shape index (κ3) is 2.65. The molecular formula is C15H15N3O3. The van der Waals surface area contributed by atoms with Crippen molar-refractivity contribution in [3.05, 3.63) is 48.3 Å². The second-order valence-electron chi connectivity index (χ2n) is 5.09. The number of amides is 1. The number of carbonyl (C=O) groups excluding carboxylic acids is 1. The first kappa shape index (κ1) is 13.4. The molecule has 1 fully saturated rings. The van der Waals surface area contributed by atoms with Gasteiger partial charge in [0.05, 0.1) is 11.6 Å². The molecule has 0 radical (unpaired) electrons. The smallest absolute Gasteiger partial charge is 0.308 e. The third-order valence-corrected chi connectivity index (χ3v) is 3.67. The molecule has 108 valence electrons. The lowest BCUT2D eigenvalue weighted by Gasteiger charge is -2.18. The van der Waals surface area contributed by atoms with E-state index in [0.29, 0.717) is 6.54 Å². The molecule has 0 bridgehead atoms. The van der Waals surface area contributed by atoms with Gasteiger partial charge >= 0.3 is 5.97 Å². The monoisotopic (exact) mass is 285 g/mol. The average molecular weight is 285 g/mol. The Morgan fingerprint density at radius 1 is 1.33 bits per heavy atom. The minimum Gasteiger partial charge on any atom is -0.481 e. The number of hydrogen-bond donors (Lipinski definition) is 1. The molecule has 3 rings (SSSR count). The predicted octanol–water partition coefficient (Wildman–Crippen LogP) is 1.31. The van der Waals surface area contributed by atoms with E-state index < -0.39 is 11.9 Å². The maximum absolute atomic E-state index is 11.9. The molecule has 1 aromatic heterocycles.